The van der Waals surface area contributed by atoms with E-state index in [1.54, 1.807) is 0 Å². The average Bonchev–Trinajstić information content (AvgIpc) is 2.74. The Labute approximate surface area is 125 Å². The van der Waals surface area contributed by atoms with E-state index in [4.69, 9.17) is 0 Å². The van der Waals surface area contributed by atoms with Crippen LogP contribution in [0.2, 0.25) is 0 Å². The summed E-state index contributed by atoms with van der Waals surface area (Å²) in [5.41, 5.74) is 5.64. The number of aryl methyl sites for hydroxylation is 2. The van der Waals surface area contributed by atoms with Crippen molar-refractivity contribution in [2.45, 2.75) is 13.8 Å². The number of benzene rings is 1. The highest BCUT2D eigenvalue weighted by Crippen LogP contribution is 2.17. The van der Waals surface area contributed by atoms with Crippen molar-refractivity contribution in [3.8, 4) is 0 Å². The number of nitrogens with zero attached hydrogens (tertiary/aromatic N) is 2. The molecule has 2 aromatic heterocycles. The van der Waals surface area contributed by atoms with Crippen LogP contribution >= 0.6 is 12.4 Å². The van der Waals surface area contributed by atoms with Gasteiger partial charge in [0.05, 0.1) is 5.69 Å². The summed E-state index contributed by atoms with van der Waals surface area (Å²) in [6, 6.07) is 14.5. The number of imidazole rings is 1. The lowest BCUT2D eigenvalue weighted by Gasteiger charge is -1.99. The molecule has 2 heterocycles. The van der Waals surface area contributed by atoms with Crippen molar-refractivity contribution in [1.29, 1.82) is 0 Å². The van der Waals surface area contributed by atoms with Crippen LogP contribution in [0.25, 0.3) is 17.8 Å². The second kappa shape index (κ2) is 5.93. The fraction of sp³-hybridized carbons (Fsp3) is 0.118. The molecule has 2 nitrogen and oxygen atoms in total. The lowest BCUT2D eigenvalue weighted by Crippen LogP contribution is -1.88. The molecule has 1 aromatic carbocycles. The minimum absolute atomic E-state index is 0. The van der Waals surface area contributed by atoms with Gasteiger partial charge in [0, 0.05) is 17.5 Å². The second-order valence-corrected chi connectivity index (χ2v) is 4.68. The summed E-state index contributed by atoms with van der Waals surface area (Å²) in [4.78, 5) is 4.64. The van der Waals surface area contributed by atoms with Crippen LogP contribution in [0.15, 0.2) is 48.7 Å². The molecule has 0 aliphatic carbocycles. The van der Waals surface area contributed by atoms with Crippen LogP contribution in [0.4, 0.5) is 0 Å². The maximum Gasteiger partial charge on any atom is 0.144 e. The third-order valence-corrected chi connectivity index (χ3v) is 3.41. The Morgan fingerprint density at radius 2 is 1.70 bits per heavy atom. The second-order valence-electron chi connectivity index (χ2n) is 4.68. The predicted octanol–water partition coefficient (Wildman–Crippen LogP) is 4.54. The molecular weight excluding hydrogens is 268 g/mol. The summed E-state index contributed by atoms with van der Waals surface area (Å²) in [7, 11) is 0. The van der Waals surface area contributed by atoms with E-state index in [0.29, 0.717) is 0 Å². The third kappa shape index (κ3) is 2.61. The van der Waals surface area contributed by atoms with Gasteiger partial charge in [-0.3, -0.25) is 0 Å². The molecule has 0 N–H and O–H groups in total. The fourth-order valence-corrected chi connectivity index (χ4v) is 2.20. The van der Waals surface area contributed by atoms with Gasteiger partial charge in [0.15, 0.2) is 0 Å². The average molecular weight is 285 g/mol. The lowest BCUT2D eigenvalue weighted by atomic mass is 10.1. The van der Waals surface area contributed by atoms with Crippen LogP contribution in [-0.4, -0.2) is 9.38 Å². The number of hydrogen-bond acceptors (Lipinski definition) is 1. The predicted molar refractivity (Wildman–Crippen MR) is 87.3 cm³/mol. The van der Waals surface area contributed by atoms with Crippen LogP contribution in [0.5, 0.6) is 0 Å². The molecule has 102 valence electrons. The van der Waals surface area contributed by atoms with Crippen molar-refractivity contribution in [1.82, 2.24) is 9.38 Å². The molecule has 3 rings (SSSR count). The number of fused-ring (bicyclic) bond motifs is 1. The number of halogens is 1. The first-order valence-electron chi connectivity index (χ1n) is 6.43. The van der Waals surface area contributed by atoms with Crippen molar-refractivity contribution in [3.63, 3.8) is 0 Å². The van der Waals surface area contributed by atoms with Crippen LogP contribution < -0.4 is 0 Å². The Bertz CT molecular complexity index is 742. The standard InChI is InChI=1S/C17H16N2.ClH/c1-13-14(2)19-12-6-9-16(17(19)18-13)11-10-15-7-4-3-5-8-15;/h3-12H,1-2H3;1H/b11-10+;. The Morgan fingerprint density at radius 1 is 0.950 bits per heavy atom. The minimum atomic E-state index is 0. The first-order chi connectivity index (χ1) is 9.25. The number of rotatable bonds is 2. The van der Waals surface area contributed by atoms with Gasteiger partial charge in [0.2, 0.25) is 0 Å². The Morgan fingerprint density at radius 3 is 2.45 bits per heavy atom. The molecule has 0 atom stereocenters. The summed E-state index contributed by atoms with van der Waals surface area (Å²) in [6.45, 7) is 4.15. The van der Waals surface area contributed by atoms with E-state index >= 15 is 0 Å². The molecule has 0 radical (unpaired) electrons. The Balaban J connectivity index is 0.00000147. The van der Waals surface area contributed by atoms with Crippen molar-refractivity contribution >= 4 is 30.2 Å². The van der Waals surface area contributed by atoms with Crippen molar-refractivity contribution in [3.05, 3.63) is 71.2 Å². The fourth-order valence-electron chi connectivity index (χ4n) is 2.20. The number of aromatic nitrogens is 2. The van der Waals surface area contributed by atoms with Crippen LogP contribution in [-0.2, 0) is 0 Å². The summed E-state index contributed by atoms with van der Waals surface area (Å²) < 4.78 is 2.14. The Kier molecular flexibility index (Phi) is 4.26. The number of hydrogen-bond donors (Lipinski definition) is 0. The summed E-state index contributed by atoms with van der Waals surface area (Å²) >= 11 is 0. The summed E-state index contributed by atoms with van der Waals surface area (Å²) in [5, 5.41) is 0. The molecule has 0 aliphatic heterocycles. The molecule has 0 amide bonds. The summed E-state index contributed by atoms with van der Waals surface area (Å²) in [5.74, 6) is 0. The SMILES string of the molecule is Cc1nc2c(/C=C/c3ccccc3)cccn2c1C.Cl. The van der Waals surface area contributed by atoms with Crippen molar-refractivity contribution in [2.75, 3.05) is 0 Å². The lowest BCUT2D eigenvalue weighted by molar-refractivity contribution is 1.09. The van der Waals surface area contributed by atoms with E-state index in [1.807, 2.05) is 25.1 Å². The quantitative estimate of drug-likeness (QED) is 0.675. The topological polar surface area (TPSA) is 17.3 Å². The van der Waals surface area contributed by atoms with E-state index in [1.165, 1.54) is 11.3 Å². The van der Waals surface area contributed by atoms with Gasteiger partial charge in [-0.1, -0.05) is 42.5 Å². The van der Waals surface area contributed by atoms with Crippen LogP contribution in [0.3, 0.4) is 0 Å². The van der Waals surface area contributed by atoms with E-state index in [9.17, 15) is 0 Å². The van der Waals surface area contributed by atoms with Gasteiger partial charge in [-0.05, 0) is 31.5 Å². The molecule has 0 saturated heterocycles. The van der Waals surface area contributed by atoms with E-state index in [2.05, 4.69) is 58.9 Å². The summed E-state index contributed by atoms with van der Waals surface area (Å²) in [6.07, 6.45) is 6.30. The molecule has 0 spiro atoms. The zero-order valence-electron chi connectivity index (χ0n) is 11.6. The highest BCUT2D eigenvalue weighted by atomic mass is 35.5. The molecule has 3 heteroatoms. The molecule has 0 unspecified atom stereocenters. The highest BCUT2D eigenvalue weighted by molar-refractivity contribution is 5.85. The smallest absolute Gasteiger partial charge is 0.144 e. The van der Waals surface area contributed by atoms with E-state index in [0.717, 1.165) is 16.9 Å². The monoisotopic (exact) mass is 284 g/mol. The van der Waals surface area contributed by atoms with E-state index in [-0.39, 0.29) is 12.4 Å². The van der Waals surface area contributed by atoms with Gasteiger partial charge in [-0.25, -0.2) is 4.98 Å². The first kappa shape index (κ1) is 14.4. The largest absolute Gasteiger partial charge is 0.304 e. The maximum atomic E-state index is 4.64. The maximum absolute atomic E-state index is 4.64. The molecule has 0 saturated carbocycles. The van der Waals surface area contributed by atoms with Gasteiger partial charge in [0.1, 0.15) is 5.65 Å². The van der Waals surface area contributed by atoms with Gasteiger partial charge >= 0.3 is 0 Å². The number of pyridine rings is 1. The minimum Gasteiger partial charge on any atom is -0.304 e. The van der Waals surface area contributed by atoms with Gasteiger partial charge in [-0.2, -0.15) is 0 Å². The van der Waals surface area contributed by atoms with Gasteiger partial charge < -0.3 is 4.40 Å². The molecule has 3 aromatic rings. The van der Waals surface area contributed by atoms with Crippen LogP contribution in [0, 0.1) is 13.8 Å². The normalized spacial score (nSPS) is 10.9. The molecule has 0 aliphatic rings. The molecule has 20 heavy (non-hydrogen) atoms. The van der Waals surface area contributed by atoms with Crippen molar-refractivity contribution < 1.29 is 0 Å². The Hall–Kier alpha value is -2.06. The molecule has 0 fully saturated rings. The van der Waals surface area contributed by atoms with Crippen LogP contribution in [0.1, 0.15) is 22.5 Å². The first-order valence-corrected chi connectivity index (χ1v) is 6.43. The van der Waals surface area contributed by atoms with E-state index < -0.39 is 0 Å². The zero-order valence-corrected chi connectivity index (χ0v) is 12.4. The van der Waals surface area contributed by atoms with Crippen molar-refractivity contribution in [2.24, 2.45) is 0 Å². The molecular formula is C17H17ClN2. The van der Waals surface area contributed by atoms with Gasteiger partial charge in [-0.15, -0.1) is 12.4 Å². The zero-order chi connectivity index (χ0) is 13.2. The third-order valence-electron chi connectivity index (χ3n) is 3.41. The highest BCUT2D eigenvalue weighted by Gasteiger charge is 2.05. The molecule has 0 bridgehead atoms. The van der Waals surface area contributed by atoms with Gasteiger partial charge in [0.25, 0.3) is 0 Å².